The Balaban J connectivity index is 1.49. The van der Waals surface area contributed by atoms with Crippen molar-refractivity contribution in [1.29, 1.82) is 0 Å². The van der Waals surface area contributed by atoms with E-state index in [1.807, 2.05) is 0 Å². The highest BCUT2D eigenvalue weighted by molar-refractivity contribution is 5.93. The number of piperazine rings is 1. The van der Waals surface area contributed by atoms with E-state index in [2.05, 4.69) is 26.5 Å². The third-order valence-corrected chi connectivity index (χ3v) is 8.87. The van der Waals surface area contributed by atoms with E-state index in [-0.39, 0.29) is 58.7 Å². The van der Waals surface area contributed by atoms with Crippen LogP contribution in [0.1, 0.15) is 62.8 Å². The zero-order valence-corrected chi connectivity index (χ0v) is 24.8. The van der Waals surface area contributed by atoms with E-state index in [0.717, 1.165) is 25.7 Å². The molecule has 1 aromatic carbocycles. The fourth-order valence-corrected chi connectivity index (χ4v) is 6.30. The molecule has 232 valence electrons. The Labute approximate surface area is 256 Å². The number of benzene rings is 1. The van der Waals surface area contributed by atoms with Crippen molar-refractivity contribution in [2.75, 3.05) is 23.7 Å². The van der Waals surface area contributed by atoms with Gasteiger partial charge in [-0.2, -0.15) is 4.98 Å². The summed E-state index contributed by atoms with van der Waals surface area (Å²) in [7, 11) is 0. The summed E-state index contributed by atoms with van der Waals surface area (Å²) < 4.78 is 46.3. The van der Waals surface area contributed by atoms with Gasteiger partial charge in [0.25, 0.3) is 5.91 Å². The molecule has 3 aromatic heterocycles. The van der Waals surface area contributed by atoms with Crippen LogP contribution in [0.25, 0.3) is 28.0 Å². The van der Waals surface area contributed by atoms with E-state index in [9.17, 15) is 14.0 Å². The number of hydrogen-bond acceptors (Lipinski definition) is 8. The summed E-state index contributed by atoms with van der Waals surface area (Å²) in [6, 6.07) is 4.30. The molecule has 1 aliphatic heterocycles. The summed E-state index contributed by atoms with van der Waals surface area (Å²) in [4.78, 5) is 48.1. The second-order valence-electron chi connectivity index (χ2n) is 12.2. The van der Waals surface area contributed by atoms with Crippen molar-refractivity contribution in [2.24, 2.45) is 0 Å². The van der Waals surface area contributed by atoms with Crippen LogP contribution in [0.3, 0.4) is 0 Å². The van der Waals surface area contributed by atoms with Crippen LogP contribution in [-0.4, -0.2) is 60.5 Å². The molecular weight excluding hydrogens is 585 g/mol. The summed E-state index contributed by atoms with van der Waals surface area (Å²) in [6.07, 6.45) is 5.10. The van der Waals surface area contributed by atoms with E-state index < -0.39 is 41.1 Å². The maximum atomic E-state index is 16.1. The first-order valence-electron chi connectivity index (χ1n) is 15.0. The SMILES string of the molecule is C=C(F)C(=O)N1C[C@H](C)N(c2nc(=O)n(-c3c(C4CC4)ncnc3C3CC3)c3nc(-c4c(N)cccc4F)c(F)cc23)C[C@H]1C. The van der Waals surface area contributed by atoms with Crippen molar-refractivity contribution in [3.8, 4) is 16.9 Å². The molecule has 0 spiro atoms. The van der Waals surface area contributed by atoms with Crippen molar-refractivity contribution >= 4 is 28.4 Å². The molecule has 0 bridgehead atoms. The van der Waals surface area contributed by atoms with Crippen LogP contribution >= 0.6 is 0 Å². The summed E-state index contributed by atoms with van der Waals surface area (Å²) in [5.74, 6) is -3.10. The van der Waals surface area contributed by atoms with Crippen LogP contribution in [0.15, 0.2) is 47.8 Å². The number of amides is 1. The second-order valence-corrected chi connectivity index (χ2v) is 12.2. The minimum atomic E-state index is -1.07. The first kappa shape index (κ1) is 28.9. The molecule has 2 aliphatic carbocycles. The molecule has 2 saturated carbocycles. The molecule has 1 saturated heterocycles. The van der Waals surface area contributed by atoms with Crippen molar-refractivity contribution in [3.05, 3.63) is 76.5 Å². The minimum absolute atomic E-state index is 0.0120. The molecule has 10 nitrogen and oxygen atoms in total. The monoisotopic (exact) mass is 616 g/mol. The number of nitrogens with two attached hydrogens (primary N) is 1. The Hall–Kier alpha value is -4.81. The van der Waals surface area contributed by atoms with Gasteiger partial charge >= 0.3 is 5.69 Å². The van der Waals surface area contributed by atoms with E-state index >= 15 is 8.78 Å². The zero-order chi connectivity index (χ0) is 31.7. The smallest absolute Gasteiger partial charge is 0.355 e. The number of nitrogens with zero attached hydrogens (tertiary/aromatic N) is 7. The van der Waals surface area contributed by atoms with Gasteiger partial charge in [-0.3, -0.25) is 4.79 Å². The van der Waals surface area contributed by atoms with Gasteiger partial charge in [0.2, 0.25) is 0 Å². The quantitative estimate of drug-likeness (QED) is 0.243. The number of fused-ring (bicyclic) bond motifs is 1. The minimum Gasteiger partial charge on any atom is -0.398 e. The number of carbonyl (C=O) groups is 1. The summed E-state index contributed by atoms with van der Waals surface area (Å²) >= 11 is 0. The van der Waals surface area contributed by atoms with Gasteiger partial charge in [-0.25, -0.2) is 37.5 Å². The Bertz CT molecular complexity index is 1900. The molecule has 1 amide bonds. The Kier molecular flexibility index (Phi) is 6.86. The van der Waals surface area contributed by atoms with Crippen molar-refractivity contribution in [3.63, 3.8) is 0 Å². The van der Waals surface area contributed by atoms with E-state index in [1.165, 1.54) is 40.1 Å². The van der Waals surface area contributed by atoms with E-state index in [0.29, 0.717) is 17.1 Å². The predicted octanol–water partition coefficient (Wildman–Crippen LogP) is 4.76. The van der Waals surface area contributed by atoms with Gasteiger partial charge in [0.1, 0.15) is 23.7 Å². The van der Waals surface area contributed by atoms with Gasteiger partial charge in [0.05, 0.1) is 28.0 Å². The number of halogens is 3. The van der Waals surface area contributed by atoms with Gasteiger partial charge in [0, 0.05) is 42.7 Å². The van der Waals surface area contributed by atoms with E-state index in [4.69, 9.17) is 5.73 Å². The molecular formula is C32H31F3N8O2. The van der Waals surface area contributed by atoms with Crippen LogP contribution in [0.5, 0.6) is 0 Å². The zero-order valence-electron chi connectivity index (χ0n) is 24.8. The highest BCUT2D eigenvalue weighted by Crippen LogP contribution is 2.47. The van der Waals surface area contributed by atoms with Gasteiger partial charge in [-0.1, -0.05) is 12.6 Å². The first-order chi connectivity index (χ1) is 21.5. The standard InChI is InChI=1S/C32H31F3N8O2/c1-15-13-42(31(44)17(3)33)16(2)12-41(15)29-20-11-22(35)27(24-21(34)5-4-6-23(24)36)39-30(20)43(32(45)40-29)28-25(18-7-8-18)37-14-38-26(28)19-9-10-19/h4-6,11,14-16,18-19H,3,7-10,12-13,36H2,1-2H3/t15-,16+/m0/s1. The second kappa shape index (κ2) is 10.7. The maximum Gasteiger partial charge on any atom is 0.355 e. The molecule has 13 heteroatoms. The summed E-state index contributed by atoms with van der Waals surface area (Å²) in [5, 5.41) is 0.201. The lowest BCUT2D eigenvalue weighted by molar-refractivity contribution is -0.131. The van der Waals surface area contributed by atoms with Gasteiger partial charge < -0.3 is 15.5 Å². The van der Waals surface area contributed by atoms with Crippen LogP contribution in [0.4, 0.5) is 24.7 Å². The van der Waals surface area contributed by atoms with Crippen LogP contribution in [0.2, 0.25) is 0 Å². The average Bonchev–Trinajstić information content (AvgIpc) is 3.92. The Morgan fingerprint density at radius 3 is 2.24 bits per heavy atom. The lowest BCUT2D eigenvalue weighted by Crippen LogP contribution is -2.58. The van der Waals surface area contributed by atoms with Crippen molar-refractivity contribution in [2.45, 2.75) is 63.5 Å². The number of rotatable bonds is 6. The van der Waals surface area contributed by atoms with Crippen molar-refractivity contribution in [1.82, 2.24) is 29.4 Å². The topological polar surface area (TPSA) is 123 Å². The molecule has 2 atom stereocenters. The average molecular weight is 617 g/mol. The molecule has 3 fully saturated rings. The van der Waals surface area contributed by atoms with Crippen LogP contribution in [-0.2, 0) is 4.79 Å². The van der Waals surface area contributed by atoms with Crippen LogP contribution < -0.4 is 16.3 Å². The molecule has 0 radical (unpaired) electrons. The Morgan fingerprint density at radius 2 is 1.64 bits per heavy atom. The van der Waals surface area contributed by atoms with Crippen LogP contribution in [0, 0.1) is 11.6 Å². The molecule has 4 aromatic rings. The van der Waals surface area contributed by atoms with E-state index in [1.54, 1.807) is 18.7 Å². The van der Waals surface area contributed by atoms with Crippen molar-refractivity contribution < 1.29 is 18.0 Å². The maximum absolute atomic E-state index is 16.1. The Morgan fingerprint density at radius 1 is 0.978 bits per heavy atom. The normalized spacial score (nSPS) is 20.1. The molecule has 2 N–H and O–H groups in total. The fraction of sp³-hybridized carbons (Fsp3) is 0.375. The number of carbonyl (C=O) groups excluding carboxylic acids is 1. The molecule has 45 heavy (non-hydrogen) atoms. The number of nitrogen functional groups attached to an aromatic ring is 1. The summed E-state index contributed by atoms with van der Waals surface area (Å²) in [6.45, 7) is 6.96. The lowest BCUT2D eigenvalue weighted by Gasteiger charge is -2.44. The number of hydrogen-bond donors (Lipinski definition) is 1. The highest BCUT2D eigenvalue weighted by Gasteiger charge is 2.38. The fourth-order valence-electron chi connectivity index (χ4n) is 6.30. The predicted molar refractivity (Wildman–Crippen MR) is 163 cm³/mol. The third kappa shape index (κ3) is 4.90. The molecule has 7 rings (SSSR count). The first-order valence-corrected chi connectivity index (χ1v) is 15.0. The number of pyridine rings is 1. The molecule has 0 unspecified atom stereocenters. The van der Waals surface area contributed by atoms with Gasteiger partial charge in [0.15, 0.2) is 17.3 Å². The number of aromatic nitrogens is 5. The van der Waals surface area contributed by atoms with Gasteiger partial charge in [-0.15, -0.1) is 0 Å². The van der Waals surface area contributed by atoms with Gasteiger partial charge in [-0.05, 0) is 57.7 Å². The largest absolute Gasteiger partial charge is 0.398 e. The molecule has 4 heterocycles. The summed E-state index contributed by atoms with van der Waals surface area (Å²) in [5.41, 5.74) is 6.78. The highest BCUT2D eigenvalue weighted by atomic mass is 19.1. The lowest BCUT2D eigenvalue weighted by atomic mass is 10.0. The third-order valence-electron chi connectivity index (χ3n) is 8.87. The molecule has 3 aliphatic rings. The number of anilines is 2.